The number of carbonyl (C=O) groups excluding carboxylic acids is 1. The molecule has 0 radical (unpaired) electrons. The smallest absolute Gasteiger partial charge is 0.308 e. The van der Waals surface area contributed by atoms with Crippen molar-refractivity contribution >= 4 is 27.7 Å². The summed E-state index contributed by atoms with van der Waals surface area (Å²) in [6.45, 7) is 2.08. The van der Waals surface area contributed by atoms with Crippen molar-refractivity contribution in [2.45, 2.75) is 12.5 Å². The molecule has 102 valence electrons. The van der Waals surface area contributed by atoms with Crippen LogP contribution in [0.2, 0.25) is 0 Å². The van der Waals surface area contributed by atoms with Gasteiger partial charge in [0.25, 0.3) is 5.90 Å². The number of halogens is 2. The van der Waals surface area contributed by atoms with Gasteiger partial charge >= 0.3 is 5.91 Å². The lowest BCUT2D eigenvalue weighted by molar-refractivity contribution is -0.126. The zero-order valence-corrected chi connectivity index (χ0v) is 12.5. The average molecular weight is 329 g/mol. The van der Waals surface area contributed by atoms with Crippen LogP contribution in [0, 0.1) is 5.82 Å². The summed E-state index contributed by atoms with van der Waals surface area (Å²) in [7, 11) is 3.03. The molecule has 4 nitrogen and oxygen atoms in total. The first kappa shape index (κ1) is 14.0. The Kier molecular flexibility index (Phi) is 3.62. The molecule has 0 spiro atoms. The standard InChI is InChI=1S/C13H14BrFN2O2/c1-13(9-6-8(14)4-5-10(9)15)7-17(2)12(18)11(16-13)19-3/h4-6H,7H2,1-3H3. The number of benzene rings is 1. The van der Waals surface area contributed by atoms with Gasteiger partial charge in [0.2, 0.25) is 0 Å². The third kappa shape index (κ3) is 2.49. The highest BCUT2D eigenvalue weighted by Crippen LogP contribution is 2.33. The molecule has 0 N–H and O–H groups in total. The molecule has 0 saturated heterocycles. The number of nitrogens with zero attached hydrogens (tertiary/aromatic N) is 2. The Morgan fingerprint density at radius 3 is 2.84 bits per heavy atom. The van der Waals surface area contributed by atoms with Crippen molar-refractivity contribution in [2.75, 3.05) is 20.7 Å². The predicted octanol–water partition coefficient (Wildman–Crippen LogP) is 2.32. The zero-order valence-electron chi connectivity index (χ0n) is 10.9. The van der Waals surface area contributed by atoms with E-state index in [9.17, 15) is 9.18 Å². The lowest BCUT2D eigenvalue weighted by Crippen LogP contribution is -2.48. The van der Waals surface area contributed by atoms with Crippen LogP contribution in [0.15, 0.2) is 27.7 Å². The fourth-order valence-corrected chi connectivity index (χ4v) is 2.55. The van der Waals surface area contributed by atoms with Crippen LogP contribution in [0.3, 0.4) is 0 Å². The molecule has 1 unspecified atom stereocenters. The first-order valence-corrected chi connectivity index (χ1v) is 6.51. The van der Waals surface area contributed by atoms with Gasteiger partial charge in [-0.25, -0.2) is 9.38 Å². The van der Waals surface area contributed by atoms with E-state index >= 15 is 0 Å². The summed E-state index contributed by atoms with van der Waals surface area (Å²) in [4.78, 5) is 17.6. The van der Waals surface area contributed by atoms with Gasteiger partial charge in [0.1, 0.15) is 11.4 Å². The molecule has 2 rings (SSSR count). The van der Waals surface area contributed by atoms with E-state index in [1.165, 1.54) is 18.1 Å². The Labute approximate surface area is 119 Å². The molecule has 6 heteroatoms. The van der Waals surface area contributed by atoms with Crippen LogP contribution in [-0.2, 0) is 15.1 Å². The van der Waals surface area contributed by atoms with Crippen molar-refractivity contribution in [3.05, 3.63) is 34.1 Å². The summed E-state index contributed by atoms with van der Waals surface area (Å²) in [5.74, 6) is -0.654. The monoisotopic (exact) mass is 328 g/mol. The molecule has 1 aromatic rings. The molecule has 1 atom stereocenters. The highest BCUT2D eigenvalue weighted by atomic mass is 79.9. The van der Waals surface area contributed by atoms with Gasteiger partial charge in [-0.15, -0.1) is 0 Å². The number of carbonyl (C=O) groups is 1. The van der Waals surface area contributed by atoms with Crippen molar-refractivity contribution in [3.63, 3.8) is 0 Å². The quantitative estimate of drug-likeness (QED) is 0.794. The van der Waals surface area contributed by atoms with E-state index in [0.717, 1.165) is 4.47 Å². The van der Waals surface area contributed by atoms with Crippen LogP contribution >= 0.6 is 15.9 Å². The number of methoxy groups -OCH3 is 1. The number of likely N-dealkylation sites (N-methyl/N-ethyl adjacent to an activating group) is 1. The Bertz CT molecular complexity index is 562. The predicted molar refractivity (Wildman–Crippen MR) is 73.5 cm³/mol. The molecular formula is C13H14BrFN2O2. The first-order chi connectivity index (χ1) is 8.87. The maximum Gasteiger partial charge on any atom is 0.308 e. The molecule has 19 heavy (non-hydrogen) atoms. The maximum atomic E-state index is 14.0. The van der Waals surface area contributed by atoms with Gasteiger partial charge in [0.05, 0.1) is 13.7 Å². The van der Waals surface area contributed by atoms with Crippen LogP contribution < -0.4 is 0 Å². The summed E-state index contributed by atoms with van der Waals surface area (Å²) < 4.78 is 19.8. The molecule has 1 aliphatic rings. The Morgan fingerprint density at radius 2 is 2.21 bits per heavy atom. The van der Waals surface area contributed by atoms with Gasteiger partial charge < -0.3 is 9.64 Å². The second-order valence-electron chi connectivity index (χ2n) is 4.68. The minimum atomic E-state index is -0.859. The summed E-state index contributed by atoms with van der Waals surface area (Å²) in [5.41, 5.74) is -0.433. The minimum absolute atomic E-state index is 0.00405. The minimum Gasteiger partial charge on any atom is -0.477 e. The fraction of sp³-hybridized carbons (Fsp3) is 0.385. The van der Waals surface area contributed by atoms with Gasteiger partial charge in [0, 0.05) is 17.1 Å². The van der Waals surface area contributed by atoms with Crippen LogP contribution in [-0.4, -0.2) is 37.4 Å². The van der Waals surface area contributed by atoms with Gasteiger partial charge in [-0.2, -0.15) is 0 Å². The van der Waals surface area contributed by atoms with E-state index in [1.54, 1.807) is 26.1 Å². The number of hydrogen-bond donors (Lipinski definition) is 0. The second-order valence-corrected chi connectivity index (χ2v) is 5.60. The third-order valence-electron chi connectivity index (χ3n) is 3.13. The normalized spacial score (nSPS) is 23.3. The average Bonchev–Trinajstić information content (AvgIpc) is 2.36. The van der Waals surface area contributed by atoms with Crippen LogP contribution in [0.4, 0.5) is 4.39 Å². The number of amides is 1. The molecule has 0 fully saturated rings. The highest BCUT2D eigenvalue weighted by molar-refractivity contribution is 9.10. The number of ether oxygens (including phenoxy) is 1. The fourth-order valence-electron chi connectivity index (χ4n) is 2.19. The zero-order chi connectivity index (χ0) is 14.2. The van der Waals surface area contributed by atoms with Crippen molar-refractivity contribution in [1.29, 1.82) is 0 Å². The van der Waals surface area contributed by atoms with Gasteiger partial charge in [-0.3, -0.25) is 4.79 Å². The largest absolute Gasteiger partial charge is 0.477 e. The number of rotatable bonds is 1. The lowest BCUT2D eigenvalue weighted by Gasteiger charge is -2.35. The first-order valence-electron chi connectivity index (χ1n) is 5.72. The van der Waals surface area contributed by atoms with Crippen LogP contribution in [0.5, 0.6) is 0 Å². The second kappa shape index (κ2) is 4.92. The van der Waals surface area contributed by atoms with Crippen LogP contribution in [0.1, 0.15) is 12.5 Å². The highest BCUT2D eigenvalue weighted by Gasteiger charge is 2.39. The molecular weight excluding hydrogens is 315 g/mol. The molecule has 1 heterocycles. The lowest BCUT2D eigenvalue weighted by atomic mass is 9.90. The van der Waals surface area contributed by atoms with E-state index in [4.69, 9.17) is 4.74 Å². The Balaban J connectivity index is 2.56. The Hall–Kier alpha value is -1.43. The number of hydrogen-bond acceptors (Lipinski definition) is 3. The van der Waals surface area contributed by atoms with Gasteiger partial charge in [-0.05, 0) is 25.1 Å². The Morgan fingerprint density at radius 1 is 1.53 bits per heavy atom. The molecule has 0 saturated carbocycles. The maximum absolute atomic E-state index is 14.0. The van der Waals surface area contributed by atoms with Crippen molar-refractivity contribution in [1.82, 2.24) is 4.90 Å². The SMILES string of the molecule is COC1=NC(C)(c2cc(Br)ccc2F)CN(C)C1=O. The van der Waals surface area contributed by atoms with E-state index < -0.39 is 5.54 Å². The molecule has 0 aromatic heterocycles. The van der Waals surface area contributed by atoms with Crippen molar-refractivity contribution in [3.8, 4) is 0 Å². The molecule has 1 aliphatic heterocycles. The van der Waals surface area contributed by atoms with Crippen molar-refractivity contribution < 1.29 is 13.9 Å². The molecule has 0 bridgehead atoms. The van der Waals surface area contributed by atoms with Crippen LogP contribution in [0.25, 0.3) is 0 Å². The van der Waals surface area contributed by atoms with E-state index in [0.29, 0.717) is 12.1 Å². The molecule has 0 aliphatic carbocycles. The molecule has 1 amide bonds. The van der Waals surface area contributed by atoms with Gasteiger partial charge in [-0.1, -0.05) is 15.9 Å². The summed E-state index contributed by atoms with van der Waals surface area (Å²) in [6.07, 6.45) is 0. The summed E-state index contributed by atoms with van der Waals surface area (Å²) in [6, 6.07) is 4.68. The van der Waals surface area contributed by atoms with E-state index in [2.05, 4.69) is 20.9 Å². The molecule has 1 aromatic carbocycles. The topological polar surface area (TPSA) is 41.9 Å². The third-order valence-corrected chi connectivity index (χ3v) is 3.62. The van der Waals surface area contributed by atoms with E-state index in [1.807, 2.05) is 0 Å². The van der Waals surface area contributed by atoms with E-state index in [-0.39, 0.29) is 17.6 Å². The number of aliphatic imine (C=N–C) groups is 1. The van der Waals surface area contributed by atoms with Gasteiger partial charge in [0.15, 0.2) is 0 Å². The summed E-state index contributed by atoms with van der Waals surface area (Å²) >= 11 is 3.32. The summed E-state index contributed by atoms with van der Waals surface area (Å²) in [5, 5.41) is 0. The van der Waals surface area contributed by atoms with Crippen molar-refractivity contribution in [2.24, 2.45) is 4.99 Å².